The number of carbonyl (C=O) groups excluding carboxylic acids is 1. The minimum Gasteiger partial charge on any atom is -0.467 e. The van der Waals surface area contributed by atoms with Crippen LogP contribution >= 0.6 is 0 Å². The van der Waals surface area contributed by atoms with E-state index in [4.69, 9.17) is 10.2 Å². The van der Waals surface area contributed by atoms with Crippen LogP contribution in [0.25, 0.3) is 0 Å². The fourth-order valence-electron chi connectivity index (χ4n) is 1.42. The van der Waals surface area contributed by atoms with Crippen molar-refractivity contribution in [1.82, 2.24) is 5.32 Å². The molecule has 2 atom stereocenters. The average molecular weight is 238 g/mol. The van der Waals surface area contributed by atoms with Gasteiger partial charge in [-0.05, 0) is 24.5 Å². The summed E-state index contributed by atoms with van der Waals surface area (Å²) >= 11 is 0. The molecule has 96 valence electrons. The number of furan rings is 1. The molecule has 0 aliphatic heterocycles. The van der Waals surface area contributed by atoms with Crippen LogP contribution in [0.3, 0.4) is 0 Å². The lowest BCUT2D eigenvalue weighted by Gasteiger charge is -2.26. The number of amides is 1. The predicted octanol–water partition coefficient (Wildman–Crippen LogP) is 2.22. The molecular formula is C13H22N2O2. The highest BCUT2D eigenvalue weighted by Crippen LogP contribution is 2.20. The number of nitrogens with one attached hydrogen (secondary N) is 1. The Bertz CT molecular complexity index is 352. The van der Waals surface area contributed by atoms with Gasteiger partial charge < -0.3 is 15.5 Å². The van der Waals surface area contributed by atoms with E-state index >= 15 is 0 Å². The average Bonchev–Trinajstić information content (AvgIpc) is 2.68. The molecule has 4 heteroatoms. The van der Waals surface area contributed by atoms with Gasteiger partial charge in [0.05, 0.1) is 12.3 Å². The van der Waals surface area contributed by atoms with Crippen LogP contribution < -0.4 is 11.1 Å². The fourth-order valence-corrected chi connectivity index (χ4v) is 1.42. The largest absolute Gasteiger partial charge is 0.467 e. The molecule has 0 saturated heterocycles. The highest BCUT2D eigenvalue weighted by Gasteiger charge is 2.24. The van der Waals surface area contributed by atoms with Gasteiger partial charge in [0, 0.05) is 12.5 Å². The Balaban J connectivity index is 2.45. The molecule has 0 saturated carbocycles. The van der Waals surface area contributed by atoms with E-state index in [2.05, 4.69) is 5.32 Å². The third-order valence-corrected chi connectivity index (χ3v) is 2.87. The van der Waals surface area contributed by atoms with Gasteiger partial charge in [0.1, 0.15) is 5.76 Å². The van der Waals surface area contributed by atoms with Gasteiger partial charge in [-0.1, -0.05) is 20.8 Å². The first kappa shape index (κ1) is 13.8. The Kier molecular flexibility index (Phi) is 4.34. The van der Waals surface area contributed by atoms with E-state index in [1.165, 1.54) is 0 Å². The summed E-state index contributed by atoms with van der Waals surface area (Å²) in [6.45, 7) is 7.97. The molecule has 1 aromatic heterocycles. The predicted molar refractivity (Wildman–Crippen MR) is 67.3 cm³/mol. The molecule has 0 radical (unpaired) electrons. The highest BCUT2D eigenvalue weighted by atomic mass is 16.3. The topological polar surface area (TPSA) is 68.3 Å². The molecule has 1 heterocycles. The van der Waals surface area contributed by atoms with Crippen LogP contribution in [0.2, 0.25) is 0 Å². The molecule has 17 heavy (non-hydrogen) atoms. The zero-order valence-electron chi connectivity index (χ0n) is 11.0. The molecule has 1 rings (SSSR count). The van der Waals surface area contributed by atoms with Crippen molar-refractivity contribution in [2.45, 2.75) is 46.2 Å². The summed E-state index contributed by atoms with van der Waals surface area (Å²) < 4.78 is 5.22. The van der Waals surface area contributed by atoms with Crippen molar-refractivity contribution in [3.8, 4) is 0 Å². The van der Waals surface area contributed by atoms with Crippen LogP contribution in [0.4, 0.5) is 0 Å². The molecule has 1 aromatic rings. The molecule has 0 fully saturated rings. The van der Waals surface area contributed by atoms with Gasteiger partial charge in [0.2, 0.25) is 5.91 Å². The van der Waals surface area contributed by atoms with Crippen LogP contribution in [0.5, 0.6) is 0 Å². The molecule has 1 unspecified atom stereocenters. The smallest absolute Gasteiger partial charge is 0.222 e. The van der Waals surface area contributed by atoms with Gasteiger partial charge in [-0.2, -0.15) is 0 Å². The molecule has 0 spiro atoms. The second kappa shape index (κ2) is 5.36. The maximum atomic E-state index is 11.8. The maximum Gasteiger partial charge on any atom is 0.222 e. The van der Waals surface area contributed by atoms with Gasteiger partial charge in [0.15, 0.2) is 0 Å². The molecule has 1 amide bonds. The molecule has 0 aliphatic rings. The molecule has 0 bridgehead atoms. The summed E-state index contributed by atoms with van der Waals surface area (Å²) in [5, 5.41) is 2.87. The van der Waals surface area contributed by atoms with Gasteiger partial charge in [-0.15, -0.1) is 0 Å². The van der Waals surface area contributed by atoms with E-state index in [1.54, 1.807) is 12.3 Å². The Morgan fingerprint density at radius 2 is 2.18 bits per heavy atom. The van der Waals surface area contributed by atoms with Gasteiger partial charge >= 0.3 is 0 Å². The van der Waals surface area contributed by atoms with E-state index < -0.39 is 0 Å². The first-order chi connectivity index (χ1) is 7.80. The Labute approximate surface area is 103 Å². The SMILES string of the molecule is C[C@H](NC(=O)CC(N)C(C)(C)C)c1ccco1. The molecule has 0 aliphatic carbocycles. The van der Waals surface area contributed by atoms with Crippen molar-refractivity contribution in [2.75, 3.05) is 0 Å². The van der Waals surface area contributed by atoms with E-state index in [0.717, 1.165) is 5.76 Å². The number of rotatable bonds is 4. The summed E-state index contributed by atoms with van der Waals surface area (Å²) in [6, 6.07) is 3.38. The van der Waals surface area contributed by atoms with Crippen molar-refractivity contribution >= 4 is 5.91 Å². The van der Waals surface area contributed by atoms with E-state index in [1.807, 2.05) is 33.8 Å². The van der Waals surface area contributed by atoms with Crippen LogP contribution in [-0.2, 0) is 4.79 Å². The van der Waals surface area contributed by atoms with Crippen molar-refractivity contribution in [2.24, 2.45) is 11.1 Å². The van der Waals surface area contributed by atoms with Crippen LogP contribution in [0, 0.1) is 5.41 Å². The molecular weight excluding hydrogens is 216 g/mol. The van der Waals surface area contributed by atoms with E-state index in [0.29, 0.717) is 6.42 Å². The lowest BCUT2D eigenvalue weighted by atomic mass is 9.85. The zero-order chi connectivity index (χ0) is 13.1. The first-order valence-electron chi connectivity index (χ1n) is 5.89. The van der Waals surface area contributed by atoms with Crippen LogP contribution in [-0.4, -0.2) is 11.9 Å². The van der Waals surface area contributed by atoms with Crippen LogP contribution in [0.15, 0.2) is 22.8 Å². The summed E-state index contributed by atoms with van der Waals surface area (Å²) in [5.41, 5.74) is 5.90. The minimum atomic E-state index is -0.147. The Morgan fingerprint density at radius 1 is 1.53 bits per heavy atom. The van der Waals surface area contributed by atoms with Gasteiger partial charge in [-0.25, -0.2) is 0 Å². The maximum absolute atomic E-state index is 11.8. The molecule has 3 N–H and O–H groups in total. The second-order valence-electron chi connectivity index (χ2n) is 5.48. The van der Waals surface area contributed by atoms with Gasteiger partial charge in [-0.3, -0.25) is 4.79 Å². The van der Waals surface area contributed by atoms with Crippen molar-refractivity contribution in [1.29, 1.82) is 0 Å². The zero-order valence-corrected chi connectivity index (χ0v) is 11.0. The monoisotopic (exact) mass is 238 g/mol. The second-order valence-corrected chi connectivity index (χ2v) is 5.48. The summed E-state index contributed by atoms with van der Waals surface area (Å²) in [6.07, 6.45) is 1.92. The Hall–Kier alpha value is -1.29. The van der Waals surface area contributed by atoms with Crippen LogP contribution in [0.1, 0.15) is 45.9 Å². The fraction of sp³-hybridized carbons (Fsp3) is 0.615. The van der Waals surface area contributed by atoms with Crippen molar-refractivity contribution < 1.29 is 9.21 Å². The quantitative estimate of drug-likeness (QED) is 0.845. The number of carbonyl (C=O) groups is 1. The summed E-state index contributed by atoms with van der Waals surface area (Å²) in [4.78, 5) is 11.8. The number of nitrogens with two attached hydrogens (primary N) is 1. The van der Waals surface area contributed by atoms with Crippen molar-refractivity contribution in [3.63, 3.8) is 0 Å². The normalized spacial score (nSPS) is 15.4. The Morgan fingerprint density at radius 3 is 2.65 bits per heavy atom. The number of hydrogen-bond acceptors (Lipinski definition) is 3. The van der Waals surface area contributed by atoms with E-state index in [9.17, 15) is 4.79 Å². The van der Waals surface area contributed by atoms with Gasteiger partial charge in [0.25, 0.3) is 0 Å². The molecule has 0 aromatic carbocycles. The lowest BCUT2D eigenvalue weighted by molar-refractivity contribution is -0.122. The lowest BCUT2D eigenvalue weighted by Crippen LogP contribution is -2.40. The highest BCUT2D eigenvalue weighted by molar-refractivity contribution is 5.77. The third kappa shape index (κ3) is 4.23. The van der Waals surface area contributed by atoms with Crippen molar-refractivity contribution in [3.05, 3.63) is 24.2 Å². The van der Waals surface area contributed by atoms with E-state index in [-0.39, 0.29) is 23.4 Å². The third-order valence-electron chi connectivity index (χ3n) is 2.87. The minimum absolute atomic E-state index is 0.0451. The first-order valence-corrected chi connectivity index (χ1v) is 5.89. The summed E-state index contributed by atoms with van der Waals surface area (Å²) in [5.74, 6) is 0.707. The standard InChI is InChI=1S/C13H22N2O2/c1-9(10-6-5-7-17-10)15-12(16)8-11(14)13(2,3)4/h5-7,9,11H,8,14H2,1-4H3,(H,15,16)/t9-,11?/m0/s1. The number of hydrogen-bond donors (Lipinski definition) is 2. The summed E-state index contributed by atoms with van der Waals surface area (Å²) in [7, 11) is 0. The molecule has 4 nitrogen and oxygen atoms in total.